The average Bonchev–Trinajstić information content (AvgIpc) is 2.43. The minimum Gasteiger partial charge on any atom is -0.389 e. The van der Waals surface area contributed by atoms with Crippen molar-refractivity contribution in [3.63, 3.8) is 0 Å². The lowest BCUT2D eigenvalue weighted by molar-refractivity contribution is -0.0482. The summed E-state index contributed by atoms with van der Waals surface area (Å²) in [5.74, 6) is 2.32. The Morgan fingerprint density at radius 1 is 1.04 bits per heavy atom. The summed E-state index contributed by atoms with van der Waals surface area (Å²) in [7, 11) is 0. The summed E-state index contributed by atoms with van der Waals surface area (Å²) in [5.41, 5.74) is 0.423. The third-order valence-corrected chi connectivity index (χ3v) is 5.84. The van der Waals surface area contributed by atoms with Crippen LogP contribution in [-0.2, 0) is 4.74 Å². The van der Waals surface area contributed by atoms with Crippen molar-refractivity contribution in [1.82, 2.24) is 4.90 Å². The van der Waals surface area contributed by atoms with Gasteiger partial charge in [-0.25, -0.2) is 0 Å². The van der Waals surface area contributed by atoms with Crippen molar-refractivity contribution in [1.29, 1.82) is 0 Å². The standard InChI is InChI=1S/C20H39NO2.ClH/c1-15-10-16(2)12-21(11-15)13-18(22)14-23-19-8-6-17(7-9-19)20(3,4)5;/h15-19,22H,6-14H2,1-5H3;1H. The van der Waals surface area contributed by atoms with Crippen molar-refractivity contribution >= 4 is 12.4 Å². The summed E-state index contributed by atoms with van der Waals surface area (Å²) in [4.78, 5) is 2.42. The Labute approximate surface area is 155 Å². The molecule has 0 aromatic rings. The van der Waals surface area contributed by atoms with Crippen LogP contribution in [0.15, 0.2) is 0 Å². The molecule has 0 aromatic heterocycles. The van der Waals surface area contributed by atoms with Gasteiger partial charge in [0.1, 0.15) is 0 Å². The molecule has 4 heteroatoms. The van der Waals surface area contributed by atoms with Crippen LogP contribution in [0.1, 0.15) is 66.7 Å². The van der Waals surface area contributed by atoms with Crippen LogP contribution < -0.4 is 0 Å². The molecule has 0 aromatic carbocycles. The van der Waals surface area contributed by atoms with Crippen LogP contribution in [0.4, 0.5) is 0 Å². The molecule has 0 radical (unpaired) electrons. The lowest BCUT2D eigenvalue weighted by Gasteiger charge is -2.38. The van der Waals surface area contributed by atoms with E-state index in [4.69, 9.17) is 4.74 Å². The number of hydrogen-bond donors (Lipinski definition) is 1. The van der Waals surface area contributed by atoms with E-state index < -0.39 is 0 Å². The van der Waals surface area contributed by atoms with E-state index >= 15 is 0 Å². The predicted octanol–water partition coefficient (Wildman–Crippen LogP) is 4.37. The first-order valence-corrected chi connectivity index (χ1v) is 9.76. The molecule has 1 saturated carbocycles. The van der Waals surface area contributed by atoms with Gasteiger partial charge in [0.25, 0.3) is 0 Å². The third-order valence-electron chi connectivity index (χ3n) is 5.84. The lowest BCUT2D eigenvalue weighted by Crippen LogP contribution is -2.44. The lowest BCUT2D eigenvalue weighted by atomic mass is 9.72. The molecule has 24 heavy (non-hydrogen) atoms. The number of nitrogens with zero attached hydrogens (tertiary/aromatic N) is 1. The second-order valence-electron chi connectivity index (χ2n) is 9.49. The van der Waals surface area contributed by atoms with Crippen LogP contribution in [0.25, 0.3) is 0 Å². The minimum atomic E-state index is -0.340. The Bertz CT molecular complexity index is 340. The normalized spacial score (nSPS) is 33.8. The van der Waals surface area contributed by atoms with Crippen molar-refractivity contribution in [3.8, 4) is 0 Å². The van der Waals surface area contributed by atoms with Gasteiger partial charge in [-0.05, 0) is 55.3 Å². The molecule has 2 aliphatic rings. The molecule has 1 saturated heterocycles. The van der Waals surface area contributed by atoms with Gasteiger partial charge < -0.3 is 14.7 Å². The Hall–Kier alpha value is 0.170. The minimum absolute atomic E-state index is 0. The summed E-state index contributed by atoms with van der Waals surface area (Å²) >= 11 is 0. The van der Waals surface area contributed by atoms with Gasteiger partial charge >= 0.3 is 0 Å². The zero-order valence-electron chi connectivity index (χ0n) is 16.5. The van der Waals surface area contributed by atoms with Crippen LogP contribution in [0.5, 0.6) is 0 Å². The number of aliphatic hydroxyl groups is 1. The van der Waals surface area contributed by atoms with Gasteiger partial charge in [-0.1, -0.05) is 34.6 Å². The van der Waals surface area contributed by atoms with E-state index in [9.17, 15) is 5.11 Å². The predicted molar refractivity (Wildman–Crippen MR) is 104 cm³/mol. The zero-order valence-corrected chi connectivity index (χ0v) is 17.3. The maximum absolute atomic E-state index is 10.3. The first-order valence-electron chi connectivity index (χ1n) is 9.76. The summed E-state index contributed by atoms with van der Waals surface area (Å²) in [6, 6.07) is 0. The molecule has 3 unspecified atom stereocenters. The molecular formula is C20H40ClNO2. The maximum atomic E-state index is 10.3. The van der Waals surface area contributed by atoms with Crippen LogP contribution in [0.3, 0.4) is 0 Å². The summed E-state index contributed by atoms with van der Waals surface area (Å²) in [5, 5.41) is 10.3. The third kappa shape index (κ3) is 7.19. The van der Waals surface area contributed by atoms with E-state index in [1.54, 1.807) is 0 Å². The monoisotopic (exact) mass is 361 g/mol. The Kier molecular flexibility index (Phi) is 9.03. The molecule has 0 spiro atoms. The van der Waals surface area contributed by atoms with Crippen LogP contribution in [0, 0.1) is 23.2 Å². The quantitative estimate of drug-likeness (QED) is 0.789. The van der Waals surface area contributed by atoms with Crippen LogP contribution in [-0.4, -0.2) is 48.5 Å². The van der Waals surface area contributed by atoms with E-state index in [-0.39, 0.29) is 18.5 Å². The Morgan fingerprint density at radius 3 is 2.08 bits per heavy atom. The van der Waals surface area contributed by atoms with Gasteiger partial charge in [-0.2, -0.15) is 0 Å². The number of ether oxygens (including phenoxy) is 1. The molecular weight excluding hydrogens is 322 g/mol. The molecule has 2 fully saturated rings. The van der Waals surface area contributed by atoms with Gasteiger partial charge in [0.05, 0.1) is 18.8 Å². The first kappa shape index (κ1) is 22.2. The molecule has 1 aliphatic heterocycles. The van der Waals surface area contributed by atoms with Crippen LogP contribution in [0.2, 0.25) is 0 Å². The molecule has 3 atom stereocenters. The van der Waals surface area contributed by atoms with E-state index in [1.165, 1.54) is 19.3 Å². The van der Waals surface area contributed by atoms with Gasteiger partial charge in [-0.3, -0.25) is 0 Å². The highest BCUT2D eigenvalue weighted by Crippen LogP contribution is 2.38. The summed E-state index contributed by atoms with van der Waals surface area (Å²) < 4.78 is 6.02. The maximum Gasteiger partial charge on any atom is 0.0900 e. The molecule has 0 amide bonds. The first-order chi connectivity index (χ1) is 10.7. The van der Waals surface area contributed by atoms with Crippen molar-refractivity contribution < 1.29 is 9.84 Å². The molecule has 144 valence electrons. The number of rotatable bonds is 5. The second-order valence-corrected chi connectivity index (χ2v) is 9.49. The fourth-order valence-electron chi connectivity index (χ4n) is 4.63. The molecule has 2 rings (SSSR count). The van der Waals surface area contributed by atoms with Crippen molar-refractivity contribution in [2.24, 2.45) is 23.2 Å². The second kappa shape index (κ2) is 9.75. The highest BCUT2D eigenvalue weighted by atomic mass is 35.5. The summed E-state index contributed by atoms with van der Waals surface area (Å²) in [6.45, 7) is 15.2. The van der Waals surface area contributed by atoms with Gasteiger partial charge in [0.2, 0.25) is 0 Å². The topological polar surface area (TPSA) is 32.7 Å². The molecule has 1 heterocycles. The molecule has 1 N–H and O–H groups in total. The number of aliphatic hydroxyl groups excluding tert-OH is 1. The Balaban J connectivity index is 0.00000288. The summed E-state index contributed by atoms with van der Waals surface area (Å²) in [6.07, 6.45) is 6.20. The largest absolute Gasteiger partial charge is 0.389 e. The number of β-amino-alcohol motifs (C(OH)–C–C–N with tert-alkyl or cyclic N) is 1. The average molecular weight is 362 g/mol. The smallest absolute Gasteiger partial charge is 0.0900 e. The van der Waals surface area contributed by atoms with Crippen LogP contribution >= 0.6 is 12.4 Å². The molecule has 1 aliphatic carbocycles. The van der Waals surface area contributed by atoms with Gasteiger partial charge in [0, 0.05) is 19.6 Å². The van der Waals surface area contributed by atoms with E-state index in [1.807, 2.05) is 0 Å². The van der Waals surface area contributed by atoms with Crippen molar-refractivity contribution in [2.75, 3.05) is 26.2 Å². The highest BCUT2D eigenvalue weighted by molar-refractivity contribution is 5.85. The zero-order chi connectivity index (χ0) is 17.0. The molecule has 0 bridgehead atoms. The number of halogens is 1. The van der Waals surface area contributed by atoms with Gasteiger partial charge in [0.15, 0.2) is 0 Å². The fraction of sp³-hybridized carbons (Fsp3) is 1.00. The SMILES string of the molecule is CC1CC(C)CN(CC(O)COC2CCC(C(C)(C)C)CC2)C1.Cl. The van der Waals surface area contributed by atoms with Crippen molar-refractivity contribution in [3.05, 3.63) is 0 Å². The van der Waals surface area contributed by atoms with E-state index in [0.29, 0.717) is 18.1 Å². The Morgan fingerprint density at radius 2 is 1.58 bits per heavy atom. The number of piperidine rings is 1. The van der Waals surface area contributed by atoms with Gasteiger partial charge in [-0.15, -0.1) is 12.4 Å². The number of hydrogen-bond acceptors (Lipinski definition) is 3. The molecule has 3 nitrogen and oxygen atoms in total. The van der Waals surface area contributed by atoms with E-state index in [2.05, 4.69) is 39.5 Å². The number of likely N-dealkylation sites (tertiary alicyclic amines) is 1. The highest BCUT2D eigenvalue weighted by Gasteiger charge is 2.30. The van der Waals surface area contributed by atoms with Crippen molar-refractivity contribution in [2.45, 2.75) is 78.9 Å². The van der Waals surface area contributed by atoms with E-state index in [0.717, 1.165) is 50.2 Å². The fourth-order valence-corrected chi connectivity index (χ4v) is 4.63.